The lowest BCUT2D eigenvalue weighted by Gasteiger charge is -2.26. The lowest BCUT2D eigenvalue weighted by Crippen LogP contribution is -2.31. The molecule has 1 unspecified atom stereocenters. The molecule has 0 radical (unpaired) electrons. The van der Waals surface area contributed by atoms with Crippen LogP contribution in [0.25, 0.3) is 27.9 Å². The molecule has 1 aromatic carbocycles. The van der Waals surface area contributed by atoms with Crippen LogP contribution in [0.1, 0.15) is 34.3 Å². The van der Waals surface area contributed by atoms with E-state index in [-0.39, 0.29) is 22.9 Å². The molecule has 0 saturated carbocycles. The van der Waals surface area contributed by atoms with E-state index in [4.69, 9.17) is 15.1 Å². The van der Waals surface area contributed by atoms with Gasteiger partial charge < -0.3 is 15.1 Å². The Morgan fingerprint density at radius 2 is 1.94 bits per heavy atom. The first-order chi connectivity index (χ1) is 17.7. The Hall–Kier alpha value is -4.70. The third kappa shape index (κ3) is 3.15. The summed E-state index contributed by atoms with van der Waals surface area (Å²) in [5.74, 6) is -0.0334. The van der Waals surface area contributed by atoms with Crippen LogP contribution in [0.4, 0.5) is 0 Å². The van der Waals surface area contributed by atoms with Crippen LogP contribution in [0, 0.1) is 5.41 Å². The lowest BCUT2D eigenvalue weighted by atomic mass is 9.80. The molecule has 0 spiro atoms. The molecule has 2 aliphatic rings. The quantitative estimate of drug-likeness (QED) is 0.364. The second-order valence-electron chi connectivity index (χ2n) is 8.92. The fourth-order valence-corrected chi connectivity index (χ4v) is 4.84. The highest BCUT2D eigenvalue weighted by atomic mass is 16.5. The Bertz CT molecular complexity index is 1730. The highest BCUT2D eigenvalue weighted by Crippen LogP contribution is 2.38. The van der Waals surface area contributed by atoms with Gasteiger partial charge in [-0.05, 0) is 23.8 Å². The summed E-state index contributed by atoms with van der Waals surface area (Å²) in [4.78, 5) is 25.3. The standard InChI is InChI=1S/C26H20N8O2/c27-23-19(17-2-1-3-21-20(17)10-29-33-21)8-18(15-9-30-34(11-15)16-12-36-13-16)24-22(23)26(35)32-25(31-24)14-4-6-28-7-5-14/h1-11,16,19,27H,12-13H2,(H,29,33)(H,31,32,35). The van der Waals surface area contributed by atoms with Crippen molar-refractivity contribution in [2.75, 3.05) is 13.2 Å². The minimum absolute atomic E-state index is 0.190. The summed E-state index contributed by atoms with van der Waals surface area (Å²) >= 11 is 0. The summed E-state index contributed by atoms with van der Waals surface area (Å²) in [6.07, 6.45) is 10.8. The Labute approximate surface area is 204 Å². The van der Waals surface area contributed by atoms with Crippen LogP contribution in [-0.4, -0.2) is 53.9 Å². The van der Waals surface area contributed by atoms with Crippen LogP contribution in [-0.2, 0) is 4.74 Å². The normalized spacial score (nSPS) is 17.6. The summed E-state index contributed by atoms with van der Waals surface area (Å²) < 4.78 is 7.22. The van der Waals surface area contributed by atoms with Crippen molar-refractivity contribution in [1.29, 1.82) is 5.41 Å². The first-order valence-corrected chi connectivity index (χ1v) is 11.6. The molecule has 4 aromatic heterocycles. The number of pyridine rings is 1. The molecule has 176 valence electrons. The number of benzene rings is 1. The van der Waals surface area contributed by atoms with Gasteiger partial charge in [0.15, 0.2) is 0 Å². The third-order valence-electron chi connectivity index (χ3n) is 6.80. The largest absolute Gasteiger partial charge is 0.377 e. The molecule has 5 heterocycles. The van der Waals surface area contributed by atoms with E-state index < -0.39 is 5.92 Å². The van der Waals surface area contributed by atoms with Gasteiger partial charge in [-0.15, -0.1) is 0 Å². The smallest absolute Gasteiger partial charge is 0.260 e. The van der Waals surface area contributed by atoms with E-state index in [2.05, 4.69) is 25.3 Å². The third-order valence-corrected chi connectivity index (χ3v) is 6.80. The monoisotopic (exact) mass is 476 g/mol. The van der Waals surface area contributed by atoms with E-state index in [0.717, 1.165) is 33.2 Å². The molecule has 1 aliphatic carbocycles. The van der Waals surface area contributed by atoms with Gasteiger partial charge in [0.2, 0.25) is 0 Å². The topological polar surface area (TPSA) is 138 Å². The second-order valence-corrected chi connectivity index (χ2v) is 8.92. The van der Waals surface area contributed by atoms with Gasteiger partial charge in [0.1, 0.15) is 5.82 Å². The predicted molar refractivity (Wildman–Crippen MR) is 133 cm³/mol. The number of hydrogen-bond donors (Lipinski definition) is 3. The maximum absolute atomic E-state index is 13.5. The van der Waals surface area contributed by atoms with Gasteiger partial charge in [-0.25, -0.2) is 4.98 Å². The van der Waals surface area contributed by atoms with Gasteiger partial charge in [0.05, 0.1) is 54.1 Å². The molecule has 1 atom stereocenters. The zero-order chi connectivity index (χ0) is 24.2. The van der Waals surface area contributed by atoms with Gasteiger partial charge in [-0.1, -0.05) is 18.2 Å². The summed E-state index contributed by atoms with van der Waals surface area (Å²) in [5, 5.41) is 21.7. The molecule has 10 nitrogen and oxygen atoms in total. The fraction of sp³-hybridized carbons (Fsp3) is 0.154. The zero-order valence-electron chi connectivity index (χ0n) is 19.0. The molecule has 3 N–H and O–H groups in total. The van der Waals surface area contributed by atoms with E-state index in [1.54, 1.807) is 36.9 Å². The van der Waals surface area contributed by atoms with E-state index in [9.17, 15) is 4.79 Å². The average Bonchev–Trinajstić information content (AvgIpc) is 3.54. The van der Waals surface area contributed by atoms with Crippen molar-refractivity contribution in [2.24, 2.45) is 0 Å². The van der Waals surface area contributed by atoms with Gasteiger partial charge in [-0.3, -0.25) is 19.6 Å². The van der Waals surface area contributed by atoms with Gasteiger partial charge in [-0.2, -0.15) is 10.2 Å². The second kappa shape index (κ2) is 7.92. The number of nitrogens with zero attached hydrogens (tertiary/aromatic N) is 5. The SMILES string of the molecule is N=C1c2c(nc(-c3ccncc3)[nH]c2=O)C(c2cnn(C3COC3)c2)=CC1c1cccc2[nH]ncc12. The van der Waals surface area contributed by atoms with Crippen molar-refractivity contribution in [1.82, 2.24) is 34.9 Å². The molecule has 7 rings (SSSR count). The van der Waals surface area contributed by atoms with Crippen molar-refractivity contribution in [3.8, 4) is 11.4 Å². The maximum Gasteiger partial charge on any atom is 0.260 e. The van der Waals surface area contributed by atoms with Gasteiger partial charge >= 0.3 is 0 Å². The van der Waals surface area contributed by atoms with E-state index in [1.807, 2.05) is 35.2 Å². The molecule has 1 saturated heterocycles. The fourth-order valence-electron chi connectivity index (χ4n) is 4.84. The molecule has 1 fully saturated rings. The number of nitrogens with one attached hydrogen (secondary N) is 3. The van der Waals surface area contributed by atoms with Crippen LogP contribution in [0.2, 0.25) is 0 Å². The highest BCUT2D eigenvalue weighted by Gasteiger charge is 2.33. The Morgan fingerprint density at radius 3 is 2.75 bits per heavy atom. The van der Waals surface area contributed by atoms with Crippen molar-refractivity contribution >= 4 is 22.2 Å². The molecule has 36 heavy (non-hydrogen) atoms. The molecule has 0 amide bonds. The number of H-pyrrole nitrogens is 2. The number of hydrogen-bond acceptors (Lipinski definition) is 7. The van der Waals surface area contributed by atoms with E-state index in [1.165, 1.54) is 0 Å². The van der Waals surface area contributed by atoms with Crippen LogP contribution < -0.4 is 5.56 Å². The van der Waals surface area contributed by atoms with Gasteiger partial charge in [0.25, 0.3) is 5.56 Å². The minimum atomic E-state index is -0.459. The first-order valence-electron chi connectivity index (χ1n) is 11.6. The van der Waals surface area contributed by atoms with Crippen molar-refractivity contribution in [2.45, 2.75) is 12.0 Å². The molecule has 1 aliphatic heterocycles. The number of allylic oxidation sites excluding steroid dienone is 1. The summed E-state index contributed by atoms with van der Waals surface area (Å²) in [6.45, 7) is 1.24. The average molecular weight is 477 g/mol. The minimum Gasteiger partial charge on any atom is -0.377 e. The van der Waals surface area contributed by atoms with Crippen LogP contribution >= 0.6 is 0 Å². The van der Waals surface area contributed by atoms with E-state index >= 15 is 0 Å². The zero-order valence-corrected chi connectivity index (χ0v) is 19.0. The van der Waals surface area contributed by atoms with Crippen molar-refractivity contribution < 1.29 is 4.74 Å². The molecular weight excluding hydrogens is 456 g/mol. The maximum atomic E-state index is 13.5. The number of rotatable bonds is 4. The van der Waals surface area contributed by atoms with E-state index in [0.29, 0.717) is 24.7 Å². The number of fused-ring (bicyclic) bond motifs is 2. The number of ether oxygens (including phenoxy) is 1. The molecule has 10 heteroatoms. The summed E-state index contributed by atoms with van der Waals surface area (Å²) in [6, 6.07) is 9.61. The predicted octanol–water partition coefficient (Wildman–Crippen LogP) is 3.07. The Balaban J connectivity index is 1.45. The lowest BCUT2D eigenvalue weighted by molar-refractivity contribution is -0.0286. The van der Waals surface area contributed by atoms with Crippen LogP contribution in [0.5, 0.6) is 0 Å². The first kappa shape index (κ1) is 20.7. The highest BCUT2D eigenvalue weighted by molar-refractivity contribution is 6.12. The van der Waals surface area contributed by atoms with Crippen molar-refractivity contribution in [3.63, 3.8) is 0 Å². The molecule has 5 aromatic rings. The van der Waals surface area contributed by atoms with Crippen molar-refractivity contribution in [3.05, 3.63) is 100 Å². The van der Waals surface area contributed by atoms with Crippen LogP contribution in [0.3, 0.4) is 0 Å². The number of aromatic amines is 2. The molecule has 0 bridgehead atoms. The van der Waals surface area contributed by atoms with Crippen LogP contribution in [0.15, 0.2) is 72.2 Å². The van der Waals surface area contributed by atoms with Gasteiger partial charge in [0, 0.05) is 46.6 Å². The Morgan fingerprint density at radius 1 is 1.08 bits per heavy atom. The Kier molecular flexibility index (Phi) is 4.55. The summed E-state index contributed by atoms with van der Waals surface area (Å²) in [7, 11) is 0. The summed E-state index contributed by atoms with van der Waals surface area (Å²) in [5.41, 5.74) is 4.67. The molecular formula is C26H20N8O2. The number of aromatic nitrogens is 7.